The maximum Gasteiger partial charge on any atom is 0.160 e. The van der Waals surface area contributed by atoms with Crippen molar-refractivity contribution in [2.75, 3.05) is 0 Å². The van der Waals surface area contributed by atoms with Crippen molar-refractivity contribution in [3.8, 4) is 67.3 Å². The van der Waals surface area contributed by atoms with Crippen LogP contribution in [0.5, 0.6) is 0 Å². The second-order valence-electron chi connectivity index (χ2n) is 16.8. The molecule has 0 saturated carbocycles. The van der Waals surface area contributed by atoms with Crippen LogP contribution in [0.25, 0.3) is 67.3 Å². The molecule has 2 unspecified atom stereocenters. The highest BCUT2D eigenvalue weighted by atomic mass is 14.9. The molecule has 62 heavy (non-hydrogen) atoms. The summed E-state index contributed by atoms with van der Waals surface area (Å²) in [4.78, 5) is 10.3. The van der Waals surface area contributed by atoms with Crippen molar-refractivity contribution >= 4 is 0 Å². The van der Waals surface area contributed by atoms with Gasteiger partial charge in [-0.1, -0.05) is 212 Å². The molecular weight excluding hydrogens is 749 g/mol. The van der Waals surface area contributed by atoms with E-state index >= 15 is 0 Å². The molecule has 1 heterocycles. The molecule has 10 aromatic rings. The lowest BCUT2D eigenvalue weighted by Crippen LogP contribution is -2.43. The lowest BCUT2D eigenvalue weighted by Gasteiger charge is -2.48. The summed E-state index contributed by atoms with van der Waals surface area (Å²) < 4.78 is 0. The van der Waals surface area contributed by atoms with Crippen molar-refractivity contribution in [3.63, 3.8) is 0 Å². The Balaban J connectivity index is 1.02. The molecular formula is C60H38N2. The van der Waals surface area contributed by atoms with Gasteiger partial charge < -0.3 is 0 Å². The van der Waals surface area contributed by atoms with Crippen molar-refractivity contribution in [2.45, 2.75) is 10.8 Å². The molecule has 0 aliphatic heterocycles. The van der Waals surface area contributed by atoms with E-state index in [9.17, 15) is 0 Å². The van der Waals surface area contributed by atoms with Crippen molar-refractivity contribution in [1.82, 2.24) is 9.97 Å². The Morgan fingerprint density at radius 2 is 0.710 bits per heavy atom. The molecule has 0 radical (unpaired) electrons. The molecule has 2 heteroatoms. The van der Waals surface area contributed by atoms with Crippen LogP contribution < -0.4 is 0 Å². The van der Waals surface area contributed by atoms with Crippen LogP contribution >= 0.6 is 0 Å². The number of nitrogens with zero attached hydrogens (tertiary/aromatic N) is 2. The number of hydrogen-bond donors (Lipinski definition) is 0. The van der Waals surface area contributed by atoms with Gasteiger partial charge >= 0.3 is 0 Å². The molecule has 0 N–H and O–H groups in total. The summed E-state index contributed by atoms with van der Waals surface area (Å²) in [5, 5.41) is 0. The molecule has 0 saturated heterocycles. The molecule has 3 aliphatic carbocycles. The van der Waals surface area contributed by atoms with E-state index in [0.717, 1.165) is 39.2 Å². The fraction of sp³-hybridized carbons (Fsp3) is 0.0333. The van der Waals surface area contributed by atoms with Crippen LogP contribution in [0.2, 0.25) is 0 Å². The summed E-state index contributed by atoms with van der Waals surface area (Å²) in [7, 11) is 0. The number of aromatic nitrogens is 2. The first-order valence-corrected chi connectivity index (χ1v) is 21.5. The third-order valence-corrected chi connectivity index (χ3v) is 13.8. The predicted molar refractivity (Wildman–Crippen MR) is 252 cm³/mol. The van der Waals surface area contributed by atoms with Crippen LogP contribution in [-0.4, -0.2) is 9.97 Å². The Morgan fingerprint density at radius 3 is 1.39 bits per heavy atom. The van der Waals surface area contributed by atoms with Gasteiger partial charge in [0.25, 0.3) is 0 Å². The van der Waals surface area contributed by atoms with E-state index in [1.165, 1.54) is 66.8 Å². The molecule has 288 valence electrons. The third-order valence-electron chi connectivity index (χ3n) is 13.8. The molecule has 3 aliphatic rings. The van der Waals surface area contributed by atoms with Crippen molar-refractivity contribution in [3.05, 3.63) is 275 Å². The van der Waals surface area contributed by atoms with Crippen LogP contribution in [0, 0.1) is 0 Å². The zero-order valence-electron chi connectivity index (χ0n) is 33.8. The van der Waals surface area contributed by atoms with Gasteiger partial charge in [-0.2, -0.15) is 0 Å². The second kappa shape index (κ2) is 13.3. The number of benzene rings is 9. The molecule has 2 nitrogen and oxygen atoms in total. The van der Waals surface area contributed by atoms with E-state index in [4.69, 9.17) is 9.97 Å². The van der Waals surface area contributed by atoms with Gasteiger partial charge in [0.2, 0.25) is 0 Å². The first kappa shape index (κ1) is 34.9. The Kier molecular flexibility index (Phi) is 7.47. The van der Waals surface area contributed by atoms with Gasteiger partial charge in [0.05, 0.1) is 22.2 Å². The third kappa shape index (κ3) is 4.69. The maximum absolute atomic E-state index is 5.17. The SMILES string of the molecule is c1ccc(-c2cc(-c3ccccc3)nc(-c3cccc(-c4ccc5c(c4)-c4ccccc4C54c5ccccc5C5(c6ccccc6)c6ccccc6-c6cccc4c65)c3)n2)cc1. The number of rotatable bonds is 5. The van der Waals surface area contributed by atoms with E-state index in [1.807, 2.05) is 12.1 Å². The van der Waals surface area contributed by atoms with Gasteiger partial charge in [-0.15, -0.1) is 0 Å². The Morgan fingerprint density at radius 1 is 0.258 bits per heavy atom. The van der Waals surface area contributed by atoms with Gasteiger partial charge in [-0.25, -0.2) is 9.97 Å². The van der Waals surface area contributed by atoms with Gasteiger partial charge in [-0.3, -0.25) is 0 Å². The van der Waals surface area contributed by atoms with Gasteiger partial charge in [0.15, 0.2) is 5.82 Å². The minimum absolute atomic E-state index is 0.454. The summed E-state index contributed by atoms with van der Waals surface area (Å²) in [6.07, 6.45) is 0. The van der Waals surface area contributed by atoms with E-state index in [-0.39, 0.29) is 0 Å². The maximum atomic E-state index is 5.17. The zero-order chi connectivity index (χ0) is 40.8. The van der Waals surface area contributed by atoms with Crippen molar-refractivity contribution in [1.29, 1.82) is 0 Å². The largest absolute Gasteiger partial charge is 0.228 e. The first-order chi connectivity index (χ1) is 30.7. The van der Waals surface area contributed by atoms with E-state index < -0.39 is 10.8 Å². The summed E-state index contributed by atoms with van der Waals surface area (Å²) >= 11 is 0. The highest BCUT2D eigenvalue weighted by Crippen LogP contribution is 2.68. The van der Waals surface area contributed by atoms with Gasteiger partial charge in [0.1, 0.15) is 0 Å². The minimum Gasteiger partial charge on any atom is -0.228 e. The fourth-order valence-electron chi connectivity index (χ4n) is 11.4. The highest BCUT2D eigenvalue weighted by Gasteiger charge is 2.59. The topological polar surface area (TPSA) is 25.8 Å². The van der Waals surface area contributed by atoms with Crippen molar-refractivity contribution < 1.29 is 0 Å². The molecule has 9 aromatic carbocycles. The van der Waals surface area contributed by atoms with Gasteiger partial charge in [0, 0.05) is 16.7 Å². The second-order valence-corrected chi connectivity index (χ2v) is 16.8. The summed E-state index contributed by atoms with van der Waals surface area (Å²) in [5.74, 6) is 0.706. The Bertz CT molecular complexity index is 3350. The monoisotopic (exact) mass is 786 g/mol. The number of hydrogen-bond acceptors (Lipinski definition) is 2. The smallest absolute Gasteiger partial charge is 0.160 e. The lowest BCUT2D eigenvalue weighted by molar-refractivity contribution is 0.636. The van der Waals surface area contributed by atoms with Crippen LogP contribution in [0.15, 0.2) is 231 Å². The Labute approximate surface area is 361 Å². The van der Waals surface area contributed by atoms with Gasteiger partial charge in [-0.05, 0) is 96.1 Å². The normalized spacial score (nSPS) is 17.2. The first-order valence-electron chi connectivity index (χ1n) is 21.5. The molecule has 1 aromatic heterocycles. The van der Waals surface area contributed by atoms with E-state index in [1.54, 1.807) is 0 Å². The quantitative estimate of drug-likeness (QED) is 0.174. The minimum atomic E-state index is -0.520. The number of fused-ring (bicyclic) bond motifs is 12. The molecule has 1 spiro atoms. The van der Waals surface area contributed by atoms with Crippen LogP contribution in [0.4, 0.5) is 0 Å². The standard InChI is InChI=1S/C60H38N2/c1-4-18-39(19-5-1)55-38-56(40-20-6-2-7-21-40)62-58(61-55)43-23-16-22-41(36-43)42-34-35-51-48(37-42)46-27-11-13-30-50(46)60(51)53-32-15-14-31-52(53)59(44-24-8-3-9-25-44)49-29-12-10-26-45(49)47-28-17-33-54(60)57(47)59/h1-38H. The fourth-order valence-corrected chi connectivity index (χ4v) is 11.4. The average Bonchev–Trinajstić information content (AvgIpc) is 3.83. The van der Waals surface area contributed by atoms with E-state index in [0.29, 0.717) is 5.82 Å². The van der Waals surface area contributed by atoms with Crippen LogP contribution in [0.1, 0.15) is 44.5 Å². The van der Waals surface area contributed by atoms with E-state index in [2.05, 4.69) is 218 Å². The Hall–Kier alpha value is -7.94. The average molecular weight is 787 g/mol. The molecule has 2 atom stereocenters. The zero-order valence-corrected chi connectivity index (χ0v) is 33.8. The van der Waals surface area contributed by atoms with Crippen molar-refractivity contribution in [2.24, 2.45) is 0 Å². The molecule has 0 amide bonds. The summed E-state index contributed by atoms with van der Waals surface area (Å²) in [5.41, 5.74) is 22.2. The predicted octanol–water partition coefficient (Wildman–Crippen LogP) is 14.2. The molecule has 13 rings (SSSR count). The molecule has 0 bridgehead atoms. The van der Waals surface area contributed by atoms with Crippen LogP contribution in [0.3, 0.4) is 0 Å². The summed E-state index contributed by atoms with van der Waals surface area (Å²) in [6.45, 7) is 0. The molecule has 0 fully saturated rings. The van der Waals surface area contributed by atoms with Crippen LogP contribution in [-0.2, 0) is 10.8 Å². The summed E-state index contributed by atoms with van der Waals surface area (Å²) in [6, 6.07) is 84.6. The highest BCUT2D eigenvalue weighted by molar-refractivity contribution is 5.96. The lowest BCUT2D eigenvalue weighted by atomic mass is 9.52.